The van der Waals surface area contributed by atoms with E-state index < -0.39 is 5.97 Å². The van der Waals surface area contributed by atoms with Crippen molar-refractivity contribution in [3.8, 4) is 0 Å². The number of carboxylic acids is 1. The molecule has 1 aromatic carbocycles. The molecule has 30 heavy (non-hydrogen) atoms. The number of rotatable bonds is 8. The molecule has 1 aliphatic carbocycles. The van der Waals surface area contributed by atoms with Crippen LogP contribution in [0.4, 0.5) is 5.13 Å². The second-order valence-corrected chi connectivity index (χ2v) is 9.51. The first kappa shape index (κ1) is 23.5. The van der Waals surface area contributed by atoms with Crippen molar-refractivity contribution < 1.29 is 39.5 Å². The van der Waals surface area contributed by atoms with Crippen LogP contribution in [-0.2, 0) is 11.3 Å². The van der Waals surface area contributed by atoms with E-state index in [9.17, 15) is 9.90 Å². The fraction of sp³-hybridized carbons (Fsp3) is 0.391. The second-order valence-electron chi connectivity index (χ2n) is 7.64. The molecule has 2 heterocycles. The van der Waals surface area contributed by atoms with Crippen molar-refractivity contribution in [2.45, 2.75) is 50.5 Å². The number of thiophene rings is 1. The third kappa shape index (κ3) is 6.17. The van der Waals surface area contributed by atoms with Crippen molar-refractivity contribution >= 4 is 33.8 Å². The van der Waals surface area contributed by atoms with Crippen molar-refractivity contribution in [3.05, 3.63) is 69.4 Å². The maximum Gasteiger partial charge on any atom is 1.00 e. The molecule has 3 aromatic rings. The van der Waals surface area contributed by atoms with E-state index in [1.165, 1.54) is 29.0 Å². The van der Waals surface area contributed by atoms with E-state index >= 15 is 0 Å². The van der Waals surface area contributed by atoms with Gasteiger partial charge >= 0.3 is 29.6 Å². The van der Waals surface area contributed by atoms with Gasteiger partial charge in [0.05, 0.1) is 12.2 Å². The summed E-state index contributed by atoms with van der Waals surface area (Å²) in [6, 6.07) is 14.9. The summed E-state index contributed by atoms with van der Waals surface area (Å²) in [6.07, 6.45) is 4.73. The topological polar surface area (TPSA) is 56.3 Å². The number of aliphatic carboxylic acids is 1. The first-order chi connectivity index (χ1) is 14.2. The van der Waals surface area contributed by atoms with Gasteiger partial charge in [0.1, 0.15) is 0 Å². The standard InChI is InChI=1S/C23H26N2O2S2.Na/c26-22(27)12-13-25(15-20-7-4-14-28-20)23-24-21(16-29-23)19-10-8-18(9-11-19)17-5-2-1-3-6-17;/h1-7,14,16,18-19H,8-13,15H2,(H,26,27);/q;+1/p-1. The van der Waals surface area contributed by atoms with Gasteiger partial charge in [0.2, 0.25) is 0 Å². The monoisotopic (exact) mass is 448 g/mol. The largest absolute Gasteiger partial charge is 1.00 e. The first-order valence-electron chi connectivity index (χ1n) is 10.2. The smallest absolute Gasteiger partial charge is 0.550 e. The van der Waals surface area contributed by atoms with Crippen molar-refractivity contribution in [1.82, 2.24) is 4.98 Å². The predicted molar refractivity (Wildman–Crippen MR) is 117 cm³/mol. The molecule has 2 aromatic heterocycles. The molecule has 1 fully saturated rings. The summed E-state index contributed by atoms with van der Waals surface area (Å²) in [7, 11) is 0. The zero-order chi connectivity index (χ0) is 20.1. The Bertz CT molecular complexity index is 906. The number of hydrogen-bond donors (Lipinski definition) is 0. The maximum atomic E-state index is 11.0. The summed E-state index contributed by atoms with van der Waals surface area (Å²) in [5, 5.41) is 16.1. The van der Waals surface area contributed by atoms with Gasteiger partial charge in [0, 0.05) is 35.1 Å². The quantitative estimate of drug-likeness (QED) is 0.493. The number of carbonyl (C=O) groups is 1. The van der Waals surface area contributed by atoms with Crippen LogP contribution in [0, 0.1) is 0 Å². The Morgan fingerprint density at radius 2 is 1.77 bits per heavy atom. The minimum absolute atomic E-state index is 0. The zero-order valence-electron chi connectivity index (χ0n) is 17.3. The molecule has 1 aliphatic rings. The van der Waals surface area contributed by atoms with Crippen LogP contribution in [0.15, 0.2) is 53.2 Å². The minimum atomic E-state index is -1.02. The summed E-state index contributed by atoms with van der Waals surface area (Å²) in [4.78, 5) is 19.2. The normalized spacial score (nSPS) is 18.5. The van der Waals surface area contributed by atoms with Gasteiger partial charge in [0.15, 0.2) is 5.13 Å². The molecule has 0 aliphatic heterocycles. The van der Waals surface area contributed by atoms with Crippen LogP contribution in [-0.4, -0.2) is 17.5 Å². The Labute approximate surface area is 208 Å². The van der Waals surface area contributed by atoms with E-state index in [1.807, 2.05) is 11.4 Å². The van der Waals surface area contributed by atoms with Gasteiger partial charge in [0.25, 0.3) is 0 Å². The number of thiazole rings is 1. The predicted octanol–water partition coefficient (Wildman–Crippen LogP) is 1.80. The van der Waals surface area contributed by atoms with Crippen LogP contribution in [0.25, 0.3) is 0 Å². The SMILES string of the molecule is O=C([O-])CCN(Cc1cccs1)c1nc(C2CCC(c3ccccc3)CC2)cs1.[Na+]. The van der Waals surface area contributed by atoms with Crippen LogP contribution in [0.2, 0.25) is 0 Å². The number of aromatic nitrogens is 1. The van der Waals surface area contributed by atoms with E-state index in [2.05, 4.69) is 46.7 Å². The van der Waals surface area contributed by atoms with Gasteiger partial charge in [-0.15, -0.1) is 22.7 Å². The van der Waals surface area contributed by atoms with Crippen LogP contribution < -0.4 is 39.6 Å². The van der Waals surface area contributed by atoms with E-state index in [4.69, 9.17) is 4.98 Å². The van der Waals surface area contributed by atoms with Crippen LogP contribution in [0.5, 0.6) is 0 Å². The van der Waals surface area contributed by atoms with Crippen LogP contribution >= 0.6 is 22.7 Å². The average molecular weight is 449 g/mol. The van der Waals surface area contributed by atoms with Gasteiger partial charge < -0.3 is 14.8 Å². The molecule has 4 nitrogen and oxygen atoms in total. The number of benzene rings is 1. The Balaban J connectivity index is 0.00000256. The molecule has 0 unspecified atom stereocenters. The Hall–Kier alpha value is -1.18. The number of anilines is 1. The van der Waals surface area contributed by atoms with Crippen LogP contribution in [0.3, 0.4) is 0 Å². The Kier molecular flexibility index (Phi) is 8.96. The molecule has 7 heteroatoms. The Morgan fingerprint density at radius 3 is 2.43 bits per heavy atom. The van der Waals surface area contributed by atoms with E-state index in [0.29, 0.717) is 24.9 Å². The van der Waals surface area contributed by atoms with E-state index in [-0.39, 0.29) is 36.0 Å². The van der Waals surface area contributed by atoms with Crippen molar-refractivity contribution in [2.75, 3.05) is 11.4 Å². The third-order valence-electron chi connectivity index (χ3n) is 5.71. The van der Waals surface area contributed by atoms with Crippen molar-refractivity contribution in [1.29, 1.82) is 0 Å². The minimum Gasteiger partial charge on any atom is -0.550 e. The van der Waals surface area contributed by atoms with Crippen LogP contribution in [0.1, 0.15) is 60.1 Å². The van der Waals surface area contributed by atoms with Gasteiger partial charge in [-0.1, -0.05) is 36.4 Å². The van der Waals surface area contributed by atoms with E-state index in [1.54, 1.807) is 22.7 Å². The molecular weight excluding hydrogens is 423 g/mol. The number of carbonyl (C=O) groups excluding carboxylic acids is 1. The number of nitrogens with zero attached hydrogens (tertiary/aromatic N) is 2. The fourth-order valence-corrected chi connectivity index (χ4v) is 5.77. The average Bonchev–Trinajstić information content (AvgIpc) is 3.44. The number of hydrogen-bond acceptors (Lipinski definition) is 6. The molecule has 4 rings (SSSR count). The van der Waals surface area contributed by atoms with Gasteiger partial charge in [-0.05, 0) is 48.6 Å². The molecule has 0 saturated heterocycles. The van der Waals surface area contributed by atoms with E-state index in [0.717, 1.165) is 18.0 Å². The molecule has 0 N–H and O–H groups in total. The van der Waals surface area contributed by atoms with Gasteiger partial charge in [-0.3, -0.25) is 0 Å². The second kappa shape index (κ2) is 11.4. The molecule has 0 spiro atoms. The first-order valence-corrected chi connectivity index (χ1v) is 11.9. The molecule has 152 valence electrons. The summed E-state index contributed by atoms with van der Waals surface area (Å²) < 4.78 is 0. The number of carboxylic acid groups (broad SMARTS) is 1. The molecule has 0 atom stereocenters. The summed E-state index contributed by atoms with van der Waals surface area (Å²) >= 11 is 3.31. The summed E-state index contributed by atoms with van der Waals surface area (Å²) in [6.45, 7) is 1.12. The van der Waals surface area contributed by atoms with Gasteiger partial charge in [-0.2, -0.15) is 0 Å². The van der Waals surface area contributed by atoms with Crippen molar-refractivity contribution in [2.24, 2.45) is 0 Å². The fourth-order valence-electron chi connectivity index (χ4n) is 4.12. The third-order valence-corrected chi connectivity index (χ3v) is 7.49. The zero-order valence-corrected chi connectivity index (χ0v) is 21.0. The summed E-state index contributed by atoms with van der Waals surface area (Å²) in [5.41, 5.74) is 2.62. The van der Waals surface area contributed by atoms with Crippen molar-refractivity contribution in [3.63, 3.8) is 0 Å². The molecule has 0 amide bonds. The molecule has 1 saturated carbocycles. The molecule has 0 bridgehead atoms. The Morgan fingerprint density at radius 1 is 1.03 bits per heavy atom. The molecular formula is C23H25N2NaO2S2. The maximum absolute atomic E-state index is 11.0. The molecule has 0 radical (unpaired) electrons. The summed E-state index contributed by atoms with van der Waals surface area (Å²) in [5.74, 6) is 0.144. The van der Waals surface area contributed by atoms with Gasteiger partial charge in [-0.25, -0.2) is 4.98 Å².